The van der Waals surface area contributed by atoms with E-state index < -0.39 is 24.3 Å². The van der Waals surface area contributed by atoms with Gasteiger partial charge in [-0.05, 0) is 37.5 Å². The maximum absolute atomic E-state index is 12.0. The average molecular weight is 340 g/mol. The summed E-state index contributed by atoms with van der Waals surface area (Å²) in [6.45, 7) is 1.64. The summed E-state index contributed by atoms with van der Waals surface area (Å²) in [5.74, 6) is -0.102. The van der Waals surface area contributed by atoms with E-state index in [9.17, 15) is 16.8 Å². The molecule has 0 spiro atoms. The number of halogens is 1. The van der Waals surface area contributed by atoms with Crippen molar-refractivity contribution in [2.45, 2.75) is 29.9 Å². The molecule has 1 aliphatic carbocycles. The molecule has 0 amide bonds. The molecule has 2 rings (SSSR count). The quantitative estimate of drug-likeness (QED) is 0.827. The summed E-state index contributed by atoms with van der Waals surface area (Å²) in [6, 6.07) is 2.83. The average Bonchev–Trinajstić information content (AvgIpc) is 3.10. The molecule has 1 fully saturated rings. The monoisotopic (exact) mass is 339 g/mol. The van der Waals surface area contributed by atoms with Crippen molar-refractivity contribution in [2.24, 2.45) is 0 Å². The zero-order chi connectivity index (χ0) is 15.1. The van der Waals surface area contributed by atoms with Gasteiger partial charge in [0.15, 0.2) is 5.75 Å². The Morgan fingerprint density at radius 3 is 2.30 bits per heavy atom. The van der Waals surface area contributed by atoms with E-state index in [4.69, 9.17) is 15.4 Å². The van der Waals surface area contributed by atoms with Crippen LogP contribution in [0.1, 0.15) is 18.4 Å². The molecule has 0 radical (unpaired) electrons. The van der Waals surface area contributed by atoms with Crippen molar-refractivity contribution < 1.29 is 21.6 Å². The molecule has 1 aromatic rings. The van der Waals surface area contributed by atoms with Crippen molar-refractivity contribution >= 4 is 35.4 Å². The van der Waals surface area contributed by atoms with Crippen LogP contribution in [0.25, 0.3) is 0 Å². The van der Waals surface area contributed by atoms with E-state index in [1.54, 1.807) is 6.92 Å². The summed E-state index contributed by atoms with van der Waals surface area (Å²) in [5, 5.41) is -0.427. The molecule has 1 aromatic carbocycles. The zero-order valence-electron chi connectivity index (χ0n) is 10.9. The number of rotatable bonds is 5. The highest BCUT2D eigenvalue weighted by molar-refractivity contribution is 8.13. The topological polar surface area (TPSA) is 89.5 Å². The van der Waals surface area contributed by atoms with Gasteiger partial charge in [0.1, 0.15) is 4.90 Å². The minimum Gasteiger partial charge on any atom is -0.493 e. The molecule has 0 bridgehead atoms. The second-order valence-corrected chi connectivity index (χ2v) is 9.12. The molecule has 1 saturated carbocycles. The Hall–Kier alpha value is -0.990. The maximum Gasteiger partial charge on any atom is 0.265 e. The van der Waals surface area contributed by atoms with Gasteiger partial charge in [-0.2, -0.15) is 0 Å². The second kappa shape index (κ2) is 5.09. The third-order valence-electron chi connectivity index (χ3n) is 2.88. The van der Waals surface area contributed by atoms with Crippen LogP contribution in [0.5, 0.6) is 5.75 Å². The Kier molecular flexibility index (Phi) is 3.92. The number of methoxy groups -OCH3 is 1. The third kappa shape index (κ3) is 3.18. The molecule has 9 heteroatoms. The fourth-order valence-corrected chi connectivity index (χ4v) is 4.29. The number of benzene rings is 1. The molecule has 112 valence electrons. The minimum absolute atomic E-state index is 0.0821. The molecule has 1 N–H and O–H groups in total. The Morgan fingerprint density at radius 2 is 1.85 bits per heavy atom. The Labute approximate surface area is 122 Å². The first kappa shape index (κ1) is 15.4. The molecule has 6 nitrogen and oxygen atoms in total. The van der Waals surface area contributed by atoms with E-state index in [-0.39, 0.29) is 16.3 Å². The summed E-state index contributed by atoms with van der Waals surface area (Å²) in [5.41, 5.74) is 0.636. The first-order valence-electron chi connectivity index (χ1n) is 5.80. The van der Waals surface area contributed by atoms with Crippen molar-refractivity contribution in [1.82, 2.24) is 0 Å². The van der Waals surface area contributed by atoms with E-state index in [0.29, 0.717) is 18.4 Å². The molecule has 0 heterocycles. The molecule has 0 atom stereocenters. The third-order valence-corrected chi connectivity index (χ3v) is 6.06. The van der Waals surface area contributed by atoms with Crippen molar-refractivity contribution in [3.63, 3.8) is 0 Å². The first-order chi connectivity index (χ1) is 9.15. The van der Waals surface area contributed by atoms with E-state index in [1.807, 2.05) is 0 Å². The van der Waals surface area contributed by atoms with Crippen molar-refractivity contribution in [3.05, 3.63) is 17.7 Å². The van der Waals surface area contributed by atoms with Crippen LogP contribution in [0.15, 0.2) is 17.0 Å². The molecule has 1 aliphatic rings. The summed E-state index contributed by atoms with van der Waals surface area (Å²) < 4.78 is 54.4. The minimum atomic E-state index is -4.04. The molecule has 20 heavy (non-hydrogen) atoms. The molecular formula is C11H14ClNO5S2. The lowest BCUT2D eigenvalue weighted by molar-refractivity contribution is 0.405. The van der Waals surface area contributed by atoms with Gasteiger partial charge in [-0.25, -0.2) is 16.8 Å². The Morgan fingerprint density at radius 1 is 1.25 bits per heavy atom. The summed E-state index contributed by atoms with van der Waals surface area (Å²) in [6.07, 6.45) is 1.20. The maximum atomic E-state index is 12.0. The van der Waals surface area contributed by atoms with Crippen LogP contribution >= 0.6 is 10.7 Å². The van der Waals surface area contributed by atoms with Crippen LogP contribution in [0, 0.1) is 6.92 Å². The lowest BCUT2D eigenvalue weighted by Crippen LogP contribution is -2.18. The smallest absolute Gasteiger partial charge is 0.265 e. The first-order valence-corrected chi connectivity index (χ1v) is 9.65. The lowest BCUT2D eigenvalue weighted by atomic mass is 10.2. The highest BCUT2D eigenvalue weighted by atomic mass is 35.7. The number of nitrogens with one attached hydrogen (secondary N) is 1. The van der Waals surface area contributed by atoms with Crippen molar-refractivity contribution in [1.29, 1.82) is 0 Å². The van der Waals surface area contributed by atoms with Crippen LogP contribution in [0.2, 0.25) is 0 Å². The van der Waals surface area contributed by atoms with Gasteiger partial charge in [0.2, 0.25) is 10.0 Å². The molecular weight excluding hydrogens is 326 g/mol. The van der Waals surface area contributed by atoms with Crippen LogP contribution in [-0.4, -0.2) is 29.2 Å². The number of ether oxygens (including phenoxy) is 1. The van der Waals surface area contributed by atoms with Gasteiger partial charge in [0.05, 0.1) is 18.0 Å². The molecule has 0 unspecified atom stereocenters. The van der Waals surface area contributed by atoms with Crippen LogP contribution < -0.4 is 9.46 Å². The van der Waals surface area contributed by atoms with Crippen molar-refractivity contribution in [2.75, 3.05) is 11.8 Å². The summed E-state index contributed by atoms with van der Waals surface area (Å²) in [4.78, 5) is -0.254. The largest absolute Gasteiger partial charge is 0.493 e. The van der Waals surface area contributed by atoms with E-state index in [0.717, 1.165) is 0 Å². The summed E-state index contributed by atoms with van der Waals surface area (Å²) in [7, 11) is -0.955. The van der Waals surface area contributed by atoms with Gasteiger partial charge in [-0.1, -0.05) is 0 Å². The molecule has 0 aromatic heterocycles. The van der Waals surface area contributed by atoms with Crippen LogP contribution in [0.3, 0.4) is 0 Å². The predicted molar refractivity (Wildman–Crippen MR) is 76.3 cm³/mol. The van der Waals surface area contributed by atoms with Gasteiger partial charge in [0, 0.05) is 10.7 Å². The van der Waals surface area contributed by atoms with Gasteiger partial charge in [-0.15, -0.1) is 0 Å². The van der Waals surface area contributed by atoms with Gasteiger partial charge >= 0.3 is 0 Å². The predicted octanol–water partition coefficient (Wildman–Crippen LogP) is 1.84. The number of hydrogen-bond acceptors (Lipinski definition) is 5. The van der Waals surface area contributed by atoms with Crippen molar-refractivity contribution in [3.8, 4) is 5.75 Å². The fraction of sp³-hybridized carbons (Fsp3) is 0.455. The van der Waals surface area contributed by atoms with E-state index in [1.165, 1.54) is 19.2 Å². The van der Waals surface area contributed by atoms with E-state index in [2.05, 4.69) is 4.72 Å². The highest BCUT2D eigenvalue weighted by Crippen LogP contribution is 2.38. The molecule has 0 aliphatic heterocycles. The van der Waals surface area contributed by atoms with E-state index >= 15 is 0 Å². The second-order valence-electron chi connectivity index (χ2n) is 4.63. The Balaban J connectivity index is 2.55. The Bertz CT molecular complexity index is 738. The number of anilines is 1. The van der Waals surface area contributed by atoms with Gasteiger partial charge < -0.3 is 4.74 Å². The normalized spacial score (nSPS) is 15.9. The zero-order valence-corrected chi connectivity index (χ0v) is 13.3. The number of sulfonamides is 1. The van der Waals surface area contributed by atoms with Crippen LogP contribution in [0.4, 0.5) is 5.69 Å². The van der Waals surface area contributed by atoms with Gasteiger partial charge in [0.25, 0.3) is 9.05 Å². The number of hydrogen-bond donors (Lipinski definition) is 1. The van der Waals surface area contributed by atoms with Crippen LogP contribution in [-0.2, 0) is 19.1 Å². The SMILES string of the molecule is COc1c(NS(=O)(=O)C2CC2)cc(C)cc1S(=O)(=O)Cl. The summed E-state index contributed by atoms with van der Waals surface area (Å²) >= 11 is 0. The number of aryl methyl sites for hydroxylation is 1. The standard InChI is InChI=1S/C11H14ClNO5S2/c1-7-5-9(13-20(16,17)8-3-4-8)11(18-2)10(6-7)19(12,14)15/h5-6,8,13H,3-4H2,1-2H3. The lowest BCUT2D eigenvalue weighted by Gasteiger charge is -2.15. The fourth-order valence-electron chi connectivity index (χ4n) is 1.82. The highest BCUT2D eigenvalue weighted by Gasteiger charge is 2.36. The molecule has 0 saturated heterocycles. The van der Waals surface area contributed by atoms with Gasteiger partial charge in [-0.3, -0.25) is 4.72 Å².